The van der Waals surface area contributed by atoms with Crippen LogP contribution in [0.5, 0.6) is 0 Å². The summed E-state index contributed by atoms with van der Waals surface area (Å²) < 4.78 is 53.8. The topological polar surface area (TPSA) is 101 Å². The fraction of sp³-hybridized carbons (Fsp3) is 0.0909. The van der Waals surface area contributed by atoms with Crippen LogP contribution in [0.15, 0.2) is 29.4 Å². The van der Waals surface area contributed by atoms with Gasteiger partial charge in [-0.3, -0.25) is 9.40 Å². The molecular formula is C11H9F2N3O4S. The van der Waals surface area contributed by atoms with E-state index < -0.39 is 38.9 Å². The van der Waals surface area contributed by atoms with Crippen molar-refractivity contribution in [1.82, 2.24) is 9.78 Å². The van der Waals surface area contributed by atoms with Gasteiger partial charge in [-0.15, -0.1) is 0 Å². The summed E-state index contributed by atoms with van der Waals surface area (Å²) in [5.74, 6) is -4.18. The second-order valence-electron chi connectivity index (χ2n) is 4.07. The summed E-state index contributed by atoms with van der Waals surface area (Å²) in [6.07, 6.45) is 2.20. The Morgan fingerprint density at radius 3 is 2.52 bits per heavy atom. The lowest BCUT2D eigenvalue weighted by Crippen LogP contribution is -2.14. The Morgan fingerprint density at radius 2 is 2.00 bits per heavy atom. The lowest BCUT2D eigenvalue weighted by molar-refractivity contribution is 0.0692. The quantitative estimate of drug-likeness (QED) is 0.882. The number of nitrogens with one attached hydrogen (secondary N) is 1. The number of rotatable bonds is 4. The fourth-order valence-corrected chi connectivity index (χ4v) is 2.57. The molecule has 0 saturated carbocycles. The molecule has 2 rings (SSSR count). The van der Waals surface area contributed by atoms with Crippen molar-refractivity contribution < 1.29 is 27.1 Å². The molecule has 10 heteroatoms. The number of sulfonamides is 1. The van der Waals surface area contributed by atoms with Crippen LogP contribution in [0, 0.1) is 11.6 Å². The number of carboxylic acid groups (broad SMARTS) is 1. The number of aromatic carboxylic acids is 1. The third-order valence-corrected chi connectivity index (χ3v) is 3.84. The van der Waals surface area contributed by atoms with E-state index in [-0.39, 0.29) is 4.90 Å². The zero-order chi connectivity index (χ0) is 15.8. The van der Waals surface area contributed by atoms with Crippen molar-refractivity contribution in [2.45, 2.75) is 4.90 Å². The van der Waals surface area contributed by atoms with Crippen LogP contribution in [0.2, 0.25) is 0 Å². The SMILES string of the molecule is Cn1cc(S(=O)(=O)Nc2cc(C(=O)O)c(F)cc2F)cn1. The summed E-state index contributed by atoms with van der Waals surface area (Å²) in [6, 6.07) is 0.867. The molecule has 1 heterocycles. The van der Waals surface area contributed by atoms with E-state index in [1.807, 2.05) is 4.72 Å². The molecule has 21 heavy (non-hydrogen) atoms. The number of hydrogen-bond donors (Lipinski definition) is 2. The second-order valence-corrected chi connectivity index (χ2v) is 5.75. The number of aryl methyl sites for hydroxylation is 1. The lowest BCUT2D eigenvalue weighted by Gasteiger charge is -2.08. The third-order valence-electron chi connectivity index (χ3n) is 2.52. The number of nitrogens with zero attached hydrogens (tertiary/aromatic N) is 2. The molecule has 2 N–H and O–H groups in total. The van der Waals surface area contributed by atoms with Gasteiger partial charge in [-0.1, -0.05) is 0 Å². The van der Waals surface area contributed by atoms with Gasteiger partial charge < -0.3 is 5.11 Å². The maximum atomic E-state index is 13.6. The molecule has 0 amide bonds. The highest BCUT2D eigenvalue weighted by molar-refractivity contribution is 7.92. The molecule has 0 spiro atoms. The third kappa shape index (κ3) is 2.99. The molecule has 2 aromatic rings. The van der Waals surface area contributed by atoms with E-state index in [1.165, 1.54) is 17.9 Å². The predicted octanol–water partition coefficient (Wildman–Crippen LogP) is 1.20. The fourth-order valence-electron chi connectivity index (χ4n) is 1.53. The summed E-state index contributed by atoms with van der Waals surface area (Å²) in [4.78, 5) is 10.5. The van der Waals surface area contributed by atoms with Crippen LogP contribution in [0.4, 0.5) is 14.5 Å². The van der Waals surface area contributed by atoms with Crippen LogP contribution < -0.4 is 4.72 Å². The predicted molar refractivity (Wildman–Crippen MR) is 67.3 cm³/mol. The van der Waals surface area contributed by atoms with E-state index in [4.69, 9.17) is 5.11 Å². The summed E-state index contributed by atoms with van der Waals surface area (Å²) >= 11 is 0. The van der Waals surface area contributed by atoms with Gasteiger partial charge in [0.15, 0.2) is 0 Å². The van der Waals surface area contributed by atoms with E-state index in [2.05, 4.69) is 5.10 Å². The van der Waals surface area contributed by atoms with Crippen LogP contribution in [0.1, 0.15) is 10.4 Å². The minimum Gasteiger partial charge on any atom is -0.478 e. The van der Waals surface area contributed by atoms with Crippen LogP contribution in [0.25, 0.3) is 0 Å². The number of hydrogen-bond acceptors (Lipinski definition) is 4. The highest BCUT2D eigenvalue weighted by atomic mass is 32.2. The molecule has 1 aromatic heterocycles. The summed E-state index contributed by atoms with van der Waals surface area (Å²) in [7, 11) is -2.67. The minimum atomic E-state index is -4.16. The molecule has 0 radical (unpaired) electrons. The molecule has 0 saturated heterocycles. The average Bonchev–Trinajstić information content (AvgIpc) is 2.79. The molecule has 7 nitrogen and oxygen atoms in total. The molecule has 0 aliphatic heterocycles. The molecular weight excluding hydrogens is 308 g/mol. The first-order valence-electron chi connectivity index (χ1n) is 5.44. The van der Waals surface area contributed by atoms with Gasteiger partial charge in [0.25, 0.3) is 10.0 Å². The van der Waals surface area contributed by atoms with Gasteiger partial charge in [0.1, 0.15) is 16.5 Å². The Balaban J connectivity index is 2.44. The van der Waals surface area contributed by atoms with Gasteiger partial charge in [0, 0.05) is 19.3 Å². The van der Waals surface area contributed by atoms with Crippen LogP contribution in [-0.4, -0.2) is 29.3 Å². The molecule has 0 bridgehead atoms. The van der Waals surface area contributed by atoms with E-state index in [9.17, 15) is 22.0 Å². The minimum absolute atomic E-state index is 0.245. The standard InChI is InChI=1S/C11H9F2N3O4S/c1-16-5-6(4-14-16)21(19,20)15-10-2-7(11(17)18)8(12)3-9(10)13/h2-5,15H,1H3,(H,17,18). The number of anilines is 1. The number of aromatic nitrogens is 2. The van der Waals surface area contributed by atoms with E-state index in [0.29, 0.717) is 12.1 Å². The summed E-state index contributed by atoms with van der Waals surface area (Å²) in [6.45, 7) is 0. The van der Waals surface area contributed by atoms with Crippen molar-refractivity contribution in [3.63, 3.8) is 0 Å². The molecule has 0 fully saturated rings. The molecule has 112 valence electrons. The van der Waals surface area contributed by atoms with Gasteiger partial charge in [-0.05, 0) is 6.07 Å². The van der Waals surface area contributed by atoms with Crippen LogP contribution in [0.3, 0.4) is 0 Å². The van der Waals surface area contributed by atoms with Gasteiger partial charge >= 0.3 is 5.97 Å². The largest absolute Gasteiger partial charge is 0.478 e. The number of benzene rings is 1. The summed E-state index contributed by atoms with van der Waals surface area (Å²) in [5, 5.41) is 12.4. The first kappa shape index (κ1) is 14.9. The number of halogens is 2. The Labute approximate surface area is 117 Å². The Bertz CT molecular complexity index is 817. The Kier molecular flexibility index (Phi) is 3.64. The monoisotopic (exact) mass is 317 g/mol. The lowest BCUT2D eigenvalue weighted by atomic mass is 10.2. The Hall–Kier alpha value is -2.49. The molecule has 0 atom stereocenters. The van der Waals surface area contributed by atoms with Crippen molar-refractivity contribution in [1.29, 1.82) is 0 Å². The van der Waals surface area contributed by atoms with Crippen molar-refractivity contribution in [2.75, 3.05) is 4.72 Å². The van der Waals surface area contributed by atoms with Gasteiger partial charge in [-0.2, -0.15) is 5.10 Å². The zero-order valence-electron chi connectivity index (χ0n) is 10.5. The van der Waals surface area contributed by atoms with Gasteiger partial charge in [0.2, 0.25) is 0 Å². The van der Waals surface area contributed by atoms with Gasteiger partial charge in [-0.25, -0.2) is 22.0 Å². The van der Waals surface area contributed by atoms with Crippen molar-refractivity contribution in [3.05, 3.63) is 41.7 Å². The smallest absolute Gasteiger partial charge is 0.338 e. The Morgan fingerprint density at radius 1 is 1.33 bits per heavy atom. The maximum Gasteiger partial charge on any atom is 0.338 e. The van der Waals surface area contributed by atoms with E-state index >= 15 is 0 Å². The van der Waals surface area contributed by atoms with Crippen molar-refractivity contribution in [2.24, 2.45) is 7.05 Å². The maximum absolute atomic E-state index is 13.6. The van der Waals surface area contributed by atoms with Crippen LogP contribution >= 0.6 is 0 Å². The zero-order valence-corrected chi connectivity index (χ0v) is 11.4. The highest BCUT2D eigenvalue weighted by Gasteiger charge is 2.21. The van der Waals surface area contributed by atoms with E-state index in [0.717, 1.165) is 6.20 Å². The molecule has 0 aliphatic rings. The van der Waals surface area contributed by atoms with Gasteiger partial charge in [0.05, 0.1) is 17.4 Å². The highest BCUT2D eigenvalue weighted by Crippen LogP contribution is 2.22. The average molecular weight is 317 g/mol. The van der Waals surface area contributed by atoms with Crippen molar-refractivity contribution in [3.8, 4) is 0 Å². The van der Waals surface area contributed by atoms with Crippen LogP contribution in [-0.2, 0) is 17.1 Å². The first-order valence-corrected chi connectivity index (χ1v) is 6.93. The molecule has 0 unspecified atom stereocenters. The normalized spacial score (nSPS) is 11.4. The van der Waals surface area contributed by atoms with Crippen molar-refractivity contribution >= 4 is 21.7 Å². The van der Waals surface area contributed by atoms with E-state index in [1.54, 1.807) is 0 Å². The summed E-state index contributed by atoms with van der Waals surface area (Å²) in [5.41, 5.74) is -1.52. The number of carboxylic acids is 1. The molecule has 0 aliphatic carbocycles. The second kappa shape index (κ2) is 5.13. The first-order chi connectivity index (χ1) is 9.70. The molecule has 1 aromatic carbocycles. The number of carbonyl (C=O) groups is 1.